The average Bonchev–Trinajstić information content (AvgIpc) is 2.33. The van der Waals surface area contributed by atoms with Crippen LogP contribution in [0.2, 0.25) is 0 Å². The van der Waals surface area contributed by atoms with Crippen LogP contribution in [0.4, 0.5) is 4.79 Å². The van der Waals surface area contributed by atoms with Crippen LogP contribution in [0.1, 0.15) is 24.8 Å². The van der Waals surface area contributed by atoms with E-state index in [4.69, 9.17) is 10.5 Å². The highest BCUT2D eigenvalue weighted by Gasteiger charge is 2.36. The molecule has 1 aliphatic rings. The number of carbonyl (C=O) groups is 2. The maximum atomic E-state index is 11.7. The molecule has 2 rings (SSSR count). The number of nitrogens with one attached hydrogen (secondary N) is 1. The Morgan fingerprint density at radius 3 is 2.67 bits per heavy atom. The van der Waals surface area contributed by atoms with Crippen LogP contribution in [0.5, 0.6) is 0 Å². The number of hydrogen-bond donors (Lipinski definition) is 2. The summed E-state index contributed by atoms with van der Waals surface area (Å²) in [5.74, 6) is -0.165. The number of piperidine rings is 1. The van der Waals surface area contributed by atoms with Crippen LogP contribution >= 0.6 is 0 Å². The fraction of sp³-hybridized carbons (Fsp3) is 0.385. The zero-order valence-electron chi connectivity index (χ0n) is 10.1. The molecule has 1 fully saturated rings. The average molecular weight is 248 g/mol. The molecule has 0 aliphatic carbocycles. The molecule has 1 saturated heterocycles. The van der Waals surface area contributed by atoms with Crippen LogP contribution in [0.3, 0.4) is 0 Å². The first kappa shape index (κ1) is 12.4. The summed E-state index contributed by atoms with van der Waals surface area (Å²) in [5, 5.41) is 2.81. The van der Waals surface area contributed by atoms with Gasteiger partial charge in [0.05, 0.1) is 0 Å². The quantitative estimate of drug-likeness (QED) is 0.823. The van der Waals surface area contributed by atoms with Gasteiger partial charge in [0.25, 0.3) is 5.91 Å². The molecule has 5 heteroatoms. The van der Waals surface area contributed by atoms with Crippen LogP contribution in [-0.4, -0.2) is 24.1 Å². The molecule has 1 heterocycles. The highest BCUT2D eigenvalue weighted by atomic mass is 16.6. The van der Waals surface area contributed by atoms with Crippen LogP contribution < -0.4 is 11.1 Å². The predicted octanol–water partition coefficient (Wildman–Crippen LogP) is 1.14. The van der Waals surface area contributed by atoms with Gasteiger partial charge in [-0.05, 0) is 12.5 Å². The van der Waals surface area contributed by atoms with Gasteiger partial charge in [-0.3, -0.25) is 4.79 Å². The summed E-state index contributed by atoms with van der Waals surface area (Å²) in [5.41, 5.74) is 6.08. The topological polar surface area (TPSA) is 81.4 Å². The minimum atomic E-state index is -0.920. The smallest absolute Gasteiger partial charge is 0.405 e. The van der Waals surface area contributed by atoms with Gasteiger partial charge in [0.15, 0.2) is 6.10 Å². The molecule has 1 aliphatic heterocycles. The summed E-state index contributed by atoms with van der Waals surface area (Å²) in [7, 11) is 0. The molecule has 0 spiro atoms. The van der Waals surface area contributed by atoms with Crippen molar-refractivity contribution in [2.75, 3.05) is 0 Å². The van der Waals surface area contributed by atoms with Crippen molar-refractivity contribution in [3.05, 3.63) is 35.9 Å². The molecule has 2 amide bonds. The third-order valence-corrected chi connectivity index (χ3v) is 3.22. The molecular formula is C13H16N2O3. The number of ether oxygens (including phenoxy) is 1. The monoisotopic (exact) mass is 248 g/mol. The van der Waals surface area contributed by atoms with Gasteiger partial charge in [-0.2, -0.15) is 0 Å². The Balaban J connectivity index is 2.16. The number of amides is 2. The first-order chi connectivity index (χ1) is 8.58. The van der Waals surface area contributed by atoms with E-state index < -0.39 is 12.2 Å². The zero-order valence-corrected chi connectivity index (χ0v) is 10.1. The standard InChI is InChI=1S/C13H16N2O3/c1-8-10(9-5-3-2-4-6-9)7-11(12(16)15-8)18-13(14)17/h2-6,8,10-11H,7H2,1H3,(H2,14,17)(H,15,16). The largest absolute Gasteiger partial charge is 0.436 e. The molecule has 1 aromatic rings. The number of hydrogen-bond acceptors (Lipinski definition) is 3. The second kappa shape index (κ2) is 5.08. The van der Waals surface area contributed by atoms with E-state index in [0.717, 1.165) is 5.56 Å². The van der Waals surface area contributed by atoms with Crippen molar-refractivity contribution in [3.8, 4) is 0 Å². The maximum absolute atomic E-state index is 11.7. The number of benzene rings is 1. The van der Waals surface area contributed by atoms with E-state index in [9.17, 15) is 9.59 Å². The molecule has 0 radical (unpaired) electrons. The molecule has 5 nitrogen and oxygen atoms in total. The van der Waals surface area contributed by atoms with Crippen molar-refractivity contribution in [3.63, 3.8) is 0 Å². The third-order valence-electron chi connectivity index (χ3n) is 3.22. The van der Waals surface area contributed by atoms with E-state index in [2.05, 4.69) is 5.32 Å². The zero-order chi connectivity index (χ0) is 13.1. The summed E-state index contributed by atoms with van der Waals surface area (Å²) < 4.78 is 4.83. The van der Waals surface area contributed by atoms with Gasteiger partial charge < -0.3 is 15.8 Å². The van der Waals surface area contributed by atoms with Gasteiger partial charge in [-0.1, -0.05) is 30.3 Å². The van der Waals surface area contributed by atoms with Gasteiger partial charge in [0.2, 0.25) is 0 Å². The fourth-order valence-corrected chi connectivity index (χ4v) is 2.33. The molecule has 3 N–H and O–H groups in total. The van der Waals surface area contributed by atoms with Crippen molar-refractivity contribution in [1.29, 1.82) is 0 Å². The first-order valence-electron chi connectivity index (χ1n) is 5.89. The van der Waals surface area contributed by atoms with Gasteiger partial charge in [-0.25, -0.2) is 4.79 Å². The van der Waals surface area contributed by atoms with Crippen LogP contribution in [-0.2, 0) is 9.53 Å². The lowest BCUT2D eigenvalue weighted by Gasteiger charge is -2.34. The van der Waals surface area contributed by atoms with Crippen molar-refractivity contribution >= 4 is 12.0 Å². The first-order valence-corrected chi connectivity index (χ1v) is 5.89. The van der Waals surface area contributed by atoms with Crippen LogP contribution in [0.15, 0.2) is 30.3 Å². The van der Waals surface area contributed by atoms with Gasteiger partial charge >= 0.3 is 6.09 Å². The molecule has 0 aromatic heterocycles. The molecule has 3 unspecified atom stereocenters. The molecule has 18 heavy (non-hydrogen) atoms. The summed E-state index contributed by atoms with van der Waals surface area (Å²) >= 11 is 0. The van der Waals surface area contributed by atoms with Gasteiger partial charge in [0.1, 0.15) is 0 Å². The van der Waals surface area contributed by atoms with Gasteiger partial charge in [-0.15, -0.1) is 0 Å². The van der Waals surface area contributed by atoms with Crippen LogP contribution in [0.25, 0.3) is 0 Å². The number of rotatable bonds is 2. The fourth-order valence-electron chi connectivity index (χ4n) is 2.33. The highest BCUT2D eigenvalue weighted by molar-refractivity contribution is 5.84. The van der Waals surface area contributed by atoms with E-state index in [1.807, 2.05) is 37.3 Å². The SMILES string of the molecule is CC1NC(=O)C(OC(N)=O)CC1c1ccccc1. The summed E-state index contributed by atoms with van der Waals surface area (Å²) in [6.45, 7) is 1.94. The molecule has 3 atom stereocenters. The Kier molecular flexibility index (Phi) is 3.50. The lowest BCUT2D eigenvalue weighted by molar-refractivity contribution is -0.133. The van der Waals surface area contributed by atoms with Crippen molar-refractivity contribution in [2.45, 2.75) is 31.4 Å². The second-order valence-corrected chi connectivity index (χ2v) is 4.48. The summed E-state index contributed by atoms with van der Waals surface area (Å²) in [6, 6.07) is 9.84. The van der Waals surface area contributed by atoms with Gasteiger partial charge in [0, 0.05) is 18.4 Å². The molecular weight excluding hydrogens is 232 g/mol. The molecule has 96 valence electrons. The lowest BCUT2D eigenvalue weighted by Crippen LogP contribution is -2.51. The molecule has 0 saturated carbocycles. The minimum Gasteiger partial charge on any atom is -0.436 e. The lowest BCUT2D eigenvalue weighted by atomic mass is 9.84. The van der Waals surface area contributed by atoms with E-state index >= 15 is 0 Å². The number of carbonyl (C=O) groups excluding carboxylic acids is 2. The van der Waals surface area contributed by atoms with E-state index in [-0.39, 0.29) is 17.9 Å². The molecule has 1 aromatic carbocycles. The van der Waals surface area contributed by atoms with Crippen molar-refractivity contribution in [1.82, 2.24) is 5.32 Å². The van der Waals surface area contributed by atoms with E-state index in [0.29, 0.717) is 6.42 Å². The Bertz CT molecular complexity index is 447. The summed E-state index contributed by atoms with van der Waals surface area (Å²) in [6.07, 6.45) is -1.26. The Morgan fingerprint density at radius 2 is 2.06 bits per heavy atom. The Labute approximate surface area is 105 Å². The highest BCUT2D eigenvalue weighted by Crippen LogP contribution is 2.29. The number of nitrogens with two attached hydrogens (primary N) is 1. The minimum absolute atomic E-state index is 0.00706. The van der Waals surface area contributed by atoms with E-state index in [1.165, 1.54) is 0 Å². The maximum Gasteiger partial charge on any atom is 0.405 e. The van der Waals surface area contributed by atoms with E-state index in [1.54, 1.807) is 0 Å². The summed E-state index contributed by atoms with van der Waals surface area (Å²) in [4.78, 5) is 22.4. The second-order valence-electron chi connectivity index (χ2n) is 4.48. The van der Waals surface area contributed by atoms with Crippen molar-refractivity contribution < 1.29 is 14.3 Å². The van der Waals surface area contributed by atoms with Crippen LogP contribution in [0, 0.1) is 0 Å². The third kappa shape index (κ3) is 2.61. The normalized spacial score (nSPS) is 27.4. The predicted molar refractivity (Wildman–Crippen MR) is 65.9 cm³/mol. The molecule has 0 bridgehead atoms. The number of primary amides is 1. The Morgan fingerprint density at radius 1 is 1.39 bits per heavy atom. The van der Waals surface area contributed by atoms with Crippen molar-refractivity contribution in [2.24, 2.45) is 5.73 Å². The Hall–Kier alpha value is -2.04.